The van der Waals surface area contributed by atoms with Gasteiger partial charge < -0.3 is 10.1 Å². The number of benzene rings is 1. The summed E-state index contributed by atoms with van der Waals surface area (Å²) in [4.78, 5) is 0. The summed E-state index contributed by atoms with van der Waals surface area (Å²) in [6, 6.07) is 7.26. The van der Waals surface area contributed by atoms with Gasteiger partial charge in [0.25, 0.3) is 0 Å². The molecule has 1 aliphatic rings. The Labute approximate surface area is 95.8 Å². The molecule has 2 atom stereocenters. The van der Waals surface area contributed by atoms with E-state index in [9.17, 15) is 4.39 Å². The molecule has 1 N–H and O–H groups in total. The van der Waals surface area contributed by atoms with E-state index in [1.165, 1.54) is 0 Å². The second kappa shape index (κ2) is 4.42. The Hall–Kier alpha value is -1.09. The van der Waals surface area contributed by atoms with Gasteiger partial charge in [-0.15, -0.1) is 0 Å². The van der Waals surface area contributed by atoms with Crippen molar-refractivity contribution in [2.45, 2.75) is 19.0 Å². The maximum atomic E-state index is 14.7. The van der Waals surface area contributed by atoms with Gasteiger partial charge in [0.05, 0.1) is 7.11 Å². The maximum Gasteiger partial charge on any atom is 0.137 e. The summed E-state index contributed by atoms with van der Waals surface area (Å²) in [5.74, 6) is 0.838. The lowest BCUT2D eigenvalue weighted by Crippen LogP contribution is -2.28. The third-order valence-corrected chi connectivity index (χ3v) is 3.48. The minimum absolute atomic E-state index is 0.0703. The standard InChI is InChI=1S/C13H18FNO/c1-13(14,11-7-8-15-9-11)10-3-5-12(16-2)6-4-10/h3-6,11,15H,7-9H2,1-2H3. The molecule has 0 aliphatic carbocycles. The molecule has 0 radical (unpaired) electrons. The van der Waals surface area contributed by atoms with Crippen molar-refractivity contribution < 1.29 is 9.13 Å². The normalized spacial score (nSPS) is 24.1. The molecule has 2 unspecified atom stereocenters. The number of methoxy groups -OCH3 is 1. The van der Waals surface area contributed by atoms with Crippen molar-refractivity contribution in [1.82, 2.24) is 5.32 Å². The lowest BCUT2D eigenvalue weighted by molar-refractivity contribution is 0.112. The summed E-state index contributed by atoms with van der Waals surface area (Å²) >= 11 is 0. The van der Waals surface area contributed by atoms with Crippen LogP contribution in [0.1, 0.15) is 18.9 Å². The third kappa shape index (κ3) is 2.05. The second-order valence-electron chi connectivity index (χ2n) is 4.49. The zero-order valence-electron chi connectivity index (χ0n) is 9.79. The minimum Gasteiger partial charge on any atom is -0.497 e. The predicted octanol–water partition coefficient (Wildman–Crippen LogP) is 2.49. The Morgan fingerprint density at radius 2 is 2.06 bits per heavy atom. The number of nitrogens with one attached hydrogen (secondary N) is 1. The van der Waals surface area contributed by atoms with Gasteiger partial charge in [-0.05, 0) is 37.6 Å². The highest BCUT2D eigenvalue weighted by Gasteiger charge is 2.37. The highest BCUT2D eigenvalue weighted by molar-refractivity contribution is 5.31. The first-order valence-electron chi connectivity index (χ1n) is 5.69. The van der Waals surface area contributed by atoms with Gasteiger partial charge in [0.1, 0.15) is 11.4 Å². The van der Waals surface area contributed by atoms with E-state index >= 15 is 0 Å². The monoisotopic (exact) mass is 223 g/mol. The van der Waals surface area contributed by atoms with Crippen LogP contribution < -0.4 is 10.1 Å². The maximum absolute atomic E-state index is 14.7. The summed E-state index contributed by atoms with van der Waals surface area (Å²) in [5.41, 5.74) is -0.516. The molecule has 2 nitrogen and oxygen atoms in total. The quantitative estimate of drug-likeness (QED) is 0.850. The van der Waals surface area contributed by atoms with Crippen molar-refractivity contribution in [1.29, 1.82) is 0 Å². The molecule has 1 aliphatic heterocycles. The topological polar surface area (TPSA) is 21.3 Å². The van der Waals surface area contributed by atoms with E-state index in [1.54, 1.807) is 14.0 Å². The lowest BCUT2D eigenvalue weighted by atomic mass is 9.84. The minimum atomic E-state index is -1.25. The molecule has 0 amide bonds. The van der Waals surface area contributed by atoms with Gasteiger partial charge in [0.15, 0.2) is 0 Å². The van der Waals surface area contributed by atoms with Crippen LogP contribution in [0.5, 0.6) is 5.75 Å². The molecular weight excluding hydrogens is 205 g/mol. The molecule has 3 heteroatoms. The molecule has 0 saturated carbocycles. The molecule has 88 valence electrons. The average molecular weight is 223 g/mol. The Morgan fingerprint density at radius 3 is 2.56 bits per heavy atom. The van der Waals surface area contributed by atoms with Crippen LogP contribution in [0.25, 0.3) is 0 Å². The van der Waals surface area contributed by atoms with Crippen molar-refractivity contribution in [3.8, 4) is 5.75 Å². The molecule has 1 aromatic rings. The molecule has 1 fully saturated rings. The van der Waals surface area contributed by atoms with Gasteiger partial charge in [0, 0.05) is 12.5 Å². The summed E-state index contributed by atoms with van der Waals surface area (Å²) in [7, 11) is 1.62. The first-order chi connectivity index (χ1) is 7.64. The van der Waals surface area contributed by atoms with Crippen molar-refractivity contribution in [3.63, 3.8) is 0 Å². The number of ether oxygens (including phenoxy) is 1. The van der Waals surface area contributed by atoms with Crippen molar-refractivity contribution >= 4 is 0 Å². The Bertz CT molecular complexity index is 341. The van der Waals surface area contributed by atoms with E-state index in [-0.39, 0.29) is 5.92 Å². The third-order valence-electron chi connectivity index (χ3n) is 3.48. The predicted molar refractivity (Wildman–Crippen MR) is 62.4 cm³/mol. The van der Waals surface area contributed by atoms with E-state index in [0.717, 1.165) is 30.8 Å². The van der Waals surface area contributed by atoms with E-state index in [2.05, 4.69) is 5.32 Å². The van der Waals surface area contributed by atoms with Crippen LogP contribution >= 0.6 is 0 Å². The van der Waals surface area contributed by atoms with Crippen LogP contribution in [0.15, 0.2) is 24.3 Å². The zero-order chi connectivity index (χ0) is 11.6. The molecular formula is C13H18FNO. The average Bonchev–Trinajstić information content (AvgIpc) is 2.83. The van der Waals surface area contributed by atoms with Crippen LogP contribution in [0.3, 0.4) is 0 Å². The molecule has 0 spiro atoms. The Morgan fingerprint density at radius 1 is 1.38 bits per heavy atom. The largest absolute Gasteiger partial charge is 0.497 e. The SMILES string of the molecule is COc1ccc(C(C)(F)C2CCNC2)cc1. The first kappa shape index (κ1) is 11.4. The van der Waals surface area contributed by atoms with Crippen LogP contribution in [-0.4, -0.2) is 20.2 Å². The molecule has 0 bridgehead atoms. The summed E-state index contributed by atoms with van der Waals surface area (Å²) in [6.45, 7) is 3.35. The number of halogens is 1. The molecule has 1 saturated heterocycles. The number of alkyl halides is 1. The van der Waals surface area contributed by atoms with Crippen molar-refractivity contribution in [3.05, 3.63) is 29.8 Å². The molecule has 1 aromatic carbocycles. The van der Waals surface area contributed by atoms with E-state index in [1.807, 2.05) is 24.3 Å². The Balaban J connectivity index is 2.20. The van der Waals surface area contributed by atoms with Crippen LogP contribution in [0, 0.1) is 5.92 Å². The van der Waals surface area contributed by atoms with Gasteiger partial charge >= 0.3 is 0 Å². The van der Waals surface area contributed by atoms with Gasteiger partial charge in [-0.1, -0.05) is 12.1 Å². The van der Waals surface area contributed by atoms with Crippen molar-refractivity contribution in [2.24, 2.45) is 5.92 Å². The summed E-state index contributed by atoms with van der Waals surface area (Å²) in [6.07, 6.45) is 0.902. The molecule has 16 heavy (non-hydrogen) atoms. The Kier molecular flexibility index (Phi) is 3.15. The highest BCUT2D eigenvalue weighted by atomic mass is 19.1. The zero-order valence-corrected chi connectivity index (χ0v) is 9.79. The van der Waals surface area contributed by atoms with Crippen LogP contribution in [0.4, 0.5) is 4.39 Å². The fourth-order valence-corrected chi connectivity index (χ4v) is 2.27. The molecule has 0 aromatic heterocycles. The molecule has 2 rings (SSSR count). The van der Waals surface area contributed by atoms with E-state index in [4.69, 9.17) is 4.74 Å². The smallest absolute Gasteiger partial charge is 0.137 e. The highest BCUT2D eigenvalue weighted by Crippen LogP contribution is 2.37. The van der Waals surface area contributed by atoms with Gasteiger partial charge in [0.2, 0.25) is 0 Å². The van der Waals surface area contributed by atoms with E-state index in [0.29, 0.717) is 0 Å². The first-order valence-corrected chi connectivity index (χ1v) is 5.69. The van der Waals surface area contributed by atoms with Gasteiger partial charge in [-0.2, -0.15) is 0 Å². The van der Waals surface area contributed by atoms with Crippen LogP contribution in [0.2, 0.25) is 0 Å². The number of rotatable bonds is 3. The second-order valence-corrected chi connectivity index (χ2v) is 4.49. The fraction of sp³-hybridized carbons (Fsp3) is 0.538. The fourth-order valence-electron chi connectivity index (χ4n) is 2.27. The van der Waals surface area contributed by atoms with Crippen molar-refractivity contribution in [2.75, 3.05) is 20.2 Å². The van der Waals surface area contributed by atoms with Gasteiger partial charge in [-0.3, -0.25) is 0 Å². The summed E-state index contributed by atoms with van der Waals surface area (Å²) in [5, 5.41) is 3.21. The lowest BCUT2D eigenvalue weighted by Gasteiger charge is -2.27. The van der Waals surface area contributed by atoms with E-state index < -0.39 is 5.67 Å². The van der Waals surface area contributed by atoms with Gasteiger partial charge in [-0.25, -0.2) is 4.39 Å². The number of hydrogen-bond donors (Lipinski definition) is 1. The molecule has 1 heterocycles. The summed E-state index contributed by atoms with van der Waals surface area (Å²) < 4.78 is 19.8. The van der Waals surface area contributed by atoms with Crippen LogP contribution in [-0.2, 0) is 5.67 Å². The number of hydrogen-bond acceptors (Lipinski definition) is 2.